The molecular weight excluding hydrogens is 516 g/mol. The number of sulfonamides is 1. The van der Waals surface area contributed by atoms with Gasteiger partial charge in [-0.05, 0) is 78.4 Å². The van der Waals surface area contributed by atoms with Crippen molar-refractivity contribution in [3.8, 4) is 11.1 Å². The zero-order chi connectivity index (χ0) is 28.0. The number of carboxylic acids is 1. The molecule has 1 unspecified atom stereocenters. The Morgan fingerprint density at radius 1 is 0.872 bits per heavy atom. The van der Waals surface area contributed by atoms with Crippen LogP contribution in [0.4, 0.5) is 16.2 Å². The van der Waals surface area contributed by atoms with Crippen LogP contribution in [0.25, 0.3) is 11.1 Å². The summed E-state index contributed by atoms with van der Waals surface area (Å²) >= 11 is 0. The number of amides is 2. The molecule has 0 saturated heterocycles. The number of aliphatic carboxylic acids is 1. The Labute approximate surface area is 227 Å². The van der Waals surface area contributed by atoms with Crippen LogP contribution in [0, 0.1) is 13.8 Å². The van der Waals surface area contributed by atoms with Crippen molar-refractivity contribution in [3.63, 3.8) is 0 Å². The highest BCUT2D eigenvalue weighted by molar-refractivity contribution is 7.89. The molecule has 9 nitrogen and oxygen atoms in total. The van der Waals surface area contributed by atoms with Crippen LogP contribution in [0.3, 0.4) is 0 Å². The number of aryl methyl sites for hydroxylation is 2. The summed E-state index contributed by atoms with van der Waals surface area (Å²) in [4.78, 5) is 28.3. The number of carbonyl (C=O) groups excluding carboxylic acids is 1. The summed E-state index contributed by atoms with van der Waals surface area (Å²) in [5, 5.41) is 15.2. The number of urea groups is 1. The molecule has 4 N–H and O–H groups in total. The van der Waals surface area contributed by atoms with E-state index >= 15 is 0 Å². The lowest BCUT2D eigenvalue weighted by molar-refractivity contribution is -0.138. The molecule has 200 valence electrons. The number of aromatic nitrogens is 1. The second-order valence-corrected chi connectivity index (χ2v) is 10.8. The number of anilines is 2. The second kappa shape index (κ2) is 11.9. The highest BCUT2D eigenvalue weighted by atomic mass is 32.2. The molecule has 39 heavy (non-hydrogen) atoms. The standard InChI is InChI=1S/C29H28N4O5S/c1-19-8-9-20(2)27(15-19)39(37,38)33-26(28(34)35)16-21-10-12-22(13-11-21)23-5-3-6-24(17-23)31-29(36)32-25-7-4-14-30-18-25/h3-15,17-18,26,33H,16H2,1-2H3,(H,34,35)(H2,31,32,36). The first-order valence-electron chi connectivity index (χ1n) is 12.1. The summed E-state index contributed by atoms with van der Waals surface area (Å²) < 4.78 is 28.2. The van der Waals surface area contributed by atoms with Crippen molar-refractivity contribution < 1.29 is 23.1 Å². The lowest BCUT2D eigenvalue weighted by Gasteiger charge is -2.17. The minimum Gasteiger partial charge on any atom is -0.480 e. The zero-order valence-electron chi connectivity index (χ0n) is 21.4. The van der Waals surface area contributed by atoms with Gasteiger partial charge in [-0.15, -0.1) is 0 Å². The summed E-state index contributed by atoms with van der Waals surface area (Å²) in [5.74, 6) is -1.27. The number of carboxylic acid groups (broad SMARTS) is 1. The molecule has 1 heterocycles. The first kappa shape index (κ1) is 27.5. The molecule has 0 spiro atoms. The Morgan fingerprint density at radius 3 is 2.28 bits per heavy atom. The molecule has 0 radical (unpaired) electrons. The lowest BCUT2D eigenvalue weighted by atomic mass is 10.0. The van der Waals surface area contributed by atoms with E-state index in [9.17, 15) is 23.1 Å². The van der Waals surface area contributed by atoms with Crippen LogP contribution < -0.4 is 15.4 Å². The number of nitrogens with zero attached hydrogens (tertiary/aromatic N) is 1. The number of nitrogens with one attached hydrogen (secondary N) is 3. The average molecular weight is 545 g/mol. The Hall–Kier alpha value is -4.54. The van der Waals surface area contributed by atoms with Crippen LogP contribution in [-0.2, 0) is 21.2 Å². The maximum atomic E-state index is 12.9. The van der Waals surface area contributed by atoms with Crippen molar-refractivity contribution in [1.29, 1.82) is 0 Å². The zero-order valence-corrected chi connectivity index (χ0v) is 22.2. The number of hydrogen-bond donors (Lipinski definition) is 4. The third-order valence-corrected chi connectivity index (χ3v) is 7.61. The van der Waals surface area contributed by atoms with E-state index < -0.39 is 28.1 Å². The van der Waals surface area contributed by atoms with Crippen molar-refractivity contribution in [3.05, 3.63) is 108 Å². The smallest absolute Gasteiger partial charge is 0.323 e. The van der Waals surface area contributed by atoms with Gasteiger partial charge in [0.2, 0.25) is 10.0 Å². The lowest BCUT2D eigenvalue weighted by Crippen LogP contribution is -2.42. The molecule has 4 rings (SSSR count). The Morgan fingerprint density at radius 2 is 1.59 bits per heavy atom. The molecule has 0 aliphatic carbocycles. The molecule has 4 aromatic rings. The van der Waals surface area contributed by atoms with Crippen LogP contribution in [0.15, 0.2) is 96.2 Å². The fraction of sp³-hybridized carbons (Fsp3) is 0.138. The van der Waals surface area contributed by atoms with Gasteiger partial charge in [0.05, 0.1) is 16.8 Å². The Kier molecular flexibility index (Phi) is 8.38. The van der Waals surface area contributed by atoms with Crippen molar-refractivity contribution >= 4 is 33.4 Å². The minimum absolute atomic E-state index is 0.0319. The number of benzene rings is 3. The molecule has 0 bridgehead atoms. The fourth-order valence-electron chi connectivity index (χ4n) is 4.00. The van der Waals surface area contributed by atoms with Crippen molar-refractivity contribution in [1.82, 2.24) is 9.71 Å². The molecular formula is C29H28N4O5S. The van der Waals surface area contributed by atoms with Gasteiger partial charge < -0.3 is 15.7 Å². The molecule has 0 fully saturated rings. The van der Waals surface area contributed by atoms with E-state index in [-0.39, 0.29) is 11.3 Å². The Balaban J connectivity index is 1.44. The van der Waals surface area contributed by atoms with Gasteiger partial charge in [-0.3, -0.25) is 9.78 Å². The number of carbonyl (C=O) groups is 2. The van der Waals surface area contributed by atoms with Crippen LogP contribution >= 0.6 is 0 Å². The molecule has 1 atom stereocenters. The highest BCUT2D eigenvalue weighted by Crippen LogP contribution is 2.24. The summed E-state index contributed by atoms with van der Waals surface area (Å²) in [7, 11) is -4.04. The number of rotatable bonds is 9. The monoisotopic (exact) mass is 544 g/mol. The van der Waals surface area contributed by atoms with Crippen LogP contribution in [0.1, 0.15) is 16.7 Å². The topological polar surface area (TPSA) is 137 Å². The van der Waals surface area contributed by atoms with E-state index in [0.717, 1.165) is 16.7 Å². The summed E-state index contributed by atoms with van der Waals surface area (Å²) in [5.41, 5.74) is 4.79. The van der Waals surface area contributed by atoms with Crippen molar-refractivity contribution in [2.24, 2.45) is 0 Å². The molecule has 10 heteroatoms. The van der Waals surface area contributed by atoms with Gasteiger partial charge in [0.25, 0.3) is 0 Å². The molecule has 0 aliphatic heterocycles. The molecule has 3 aromatic carbocycles. The van der Waals surface area contributed by atoms with Crippen molar-refractivity contribution in [2.75, 3.05) is 10.6 Å². The third kappa shape index (κ3) is 7.28. The van der Waals surface area contributed by atoms with Gasteiger partial charge >= 0.3 is 12.0 Å². The molecule has 2 amide bonds. The normalized spacial score (nSPS) is 11.9. The van der Waals surface area contributed by atoms with Crippen LogP contribution in [0.5, 0.6) is 0 Å². The third-order valence-electron chi connectivity index (χ3n) is 6.00. The van der Waals surface area contributed by atoms with Crippen LogP contribution in [0.2, 0.25) is 0 Å². The van der Waals surface area contributed by atoms with Gasteiger partial charge in [0.1, 0.15) is 6.04 Å². The maximum absolute atomic E-state index is 12.9. The number of hydrogen-bond acceptors (Lipinski definition) is 5. The van der Waals surface area contributed by atoms with E-state index in [4.69, 9.17) is 0 Å². The highest BCUT2D eigenvalue weighted by Gasteiger charge is 2.27. The van der Waals surface area contributed by atoms with Gasteiger partial charge in [-0.1, -0.05) is 48.5 Å². The largest absolute Gasteiger partial charge is 0.480 e. The van der Waals surface area contributed by atoms with Gasteiger partial charge in [-0.2, -0.15) is 4.72 Å². The predicted molar refractivity (Wildman–Crippen MR) is 150 cm³/mol. The molecule has 0 saturated carbocycles. The second-order valence-electron chi connectivity index (χ2n) is 9.08. The van der Waals surface area contributed by atoms with E-state index in [1.807, 2.05) is 30.3 Å². The first-order chi connectivity index (χ1) is 18.6. The summed E-state index contributed by atoms with van der Waals surface area (Å²) in [6, 6.07) is 21.2. The summed E-state index contributed by atoms with van der Waals surface area (Å²) in [6.07, 6.45) is 3.13. The minimum atomic E-state index is -4.04. The molecule has 1 aromatic heterocycles. The number of pyridine rings is 1. The summed E-state index contributed by atoms with van der Waals surface area (Å²) in [6.45, 7) is 3.44. The van der Waals surface area contributed by atoms with Gasteiger partial charge in [0, 0.05) is 11.9 Å². The van der Waals surface area contributed by atoms with Crippen LogP contribution in [-0.4, -0.2) is 36.6 Å². The quantitative estimate of drug-likeness (QED) is 0.234. The van der Waals surface area contributed by atoms with E-state index in [0.29, 0.717) is 22.5 Å². The Bertz CT molecular complexity index is 1590. The van der Waals surface area contributed by atoms with E-state index in [1.165, 1.54) is 6.07 Å². The fourth-order valence-corrected chi connectivity index (χ4v) is 5.52. The average Bonchev–Trinajstić information content (AvgIpc) is 2.90. The van der Waals surface area contributed by atoms with Crippen molar-refractivity contribution in [2.45, 2.75) is 31.2 Å². The van der Waals surface area contributed by atoms with Gasteiger partial charge in [-0.25, -0.2) is 13.2 Å². The first-order valence-corrected chi connectivity index (χ1v) is 13.6. The molecule has 0 aliphatic rings. The SMILES string of the molecule is Cc1ccc(C)c(S(=O)(=O)NC(Cc2ccc(-c3cccc(NC(=O)Nc4cccnc4)c3)cc2)C(=O)O)c1. The predicted octanol–water partition coefficient (Wildman–Crippen LogP) is 4.98. The van der Waals surface area contributed by atoms with E-state index in [1.54, 1.807) is 68.7 Å². The van der Waals surface area contributed by atoms with Gasteiger partial charge in [0.15, 0.2) is 0 Å². The maximum Gasteiger partial charge on any atom is 0.323 e. The van der Waals surface area contributed by atoms with E-state index in [2.05, 4.69) is 20.3 Å².